The molecule has 2 aromatic heterocycles. The molecule has 2 heterocycles. The Kier molecular flexibility index (Phi) is 3.07. The fraction of sp³-hybridized carbons (Fsp3) is 0.200. The lowest BCUT2D eigenvalue weighted by molar-refractivity contribution is 0.205. The van der Waals surface area contributed by atoms with Crippen molar-refractivity contribution in [3.63, 3.8) is 0 Å². The number of fused-ring (bicyclic) bond motifs is 1. The lowest BCUT2D eigenvalue weighted by Gasteiger charge is -2.16. The van der Waals surface area contributed by atoms with Gasteiger partial charge in [0.2, 0.25) is 0 Å². The first kappa shape index (κ1) is 11.4. The smallest absolute Gasteiger partial charge is 0.175 e. The van der Waals surface area contributed by atoms with Gasteiger partial charge in [0.05, 0.1) is 6.26 Å². The highest BCUT2D eigenvalue weighted by atomic mass is 32.1. The minimum absolute atomic E-state index is 0.0979. The van der Waals surface area contributed by atoms with E-state index in [1.807, 2.05) is 24.3 Å². The molecule has 3 rings (SSSR count). The SMILES string of the molecule is CCC(Oc1cccc2ccoc12)c1cccs1. The van der Waals surface area contributed by atoms with Gasteiger partial charge >= 0.3 is 0 Å². The fourth-order valence-electron chi connectivity index (χ4n) is 2.03. The third kappa shape index (κ3) is 2.02. The monoisotopic (exact) mass is 258 g/mol. The maximum absolute atomic E-state index is 6.10. The molecule has 2 nitrogen and oxygen atoms in total. The first-order valence-corrected chi connectivity index (χ1v) is 6.92. The second-order valence-electron chi connectivity index (χ2n) is 4.13. The maximum atomic E-state index is 6.10. The standard InChI is InChI=1S/C15H14O2S/c1-2-12(14-7-4-10-18-14)17-13-6-3-5-11-8-9-16-15(11)13/h3-10,12H,2H2,1H3. The molecule has 0 radical (unpaired) electrons. The summed E-state index contributed by atoms with van der Waals surface area (Å²) >= 11 is 1.73. The summed E-state index contributed by atoms with van der Waals surface area (Å²) in [4.78, 5) is 1.25. The zero-order valence-electron chi connectivity index (χ0n) is 10.1. The molecule has 0 spiro atoms. The quantitative estimate of drug-likeness (QED) is 0.655. The summed E-state index contributed by atoms with van der Waals surface area (Å²) < 4.78 is 11.6. The second-order valence-corrected chi connectivity index (χ2v) is 5.10. The number of para-hydroxylation sites is 1. The predicted octanol–water partition coefficient (Wildman–Crippen LogP) is 5.02. The molecule has 18 heavy (non-hydrogen) atoms. The Hall–Kier alpha value is -1.74. The van der Waals surface area contributed by atoms with Crippen molar-refractivity contribution in [2.45, 2.75) is 19.4 Å². The lowest BCUT2D eigenvalue weighted by atomic mass is 10.2. The fourth-order valence-corrected chi connectivity index (χ4v) is 2.87. The maximum Gasteiger partial charge on any atom is 0.175 e. The molecular weight excluding hydrogens is 244 g/mol. The van der Waals surface area contributed by atoms with Crippen LogP contribution in [-0.4, -0.2) is 0 Å². The Balaban J connectivity index is 1.93. The highest BCUT2D eigenvalue weighted by molar-refractivity contribution is 7.10. The van der Waals surface area contributed by atoms with Crippen LogP contribution in [0.15, 0.2) is 52.5 Å². The van der Waals surface area contributed by atoms with Crippen LogP contribution in [0.1, 0.15) is 24.3 Å². The van der Waals surface area contributed by atoms with Crippen molar-refractivity contribution in [1.82, 2.24) is 0 Å². The summed E-state index contributed by atoms with van der Waals surface area (Å²) in [5, 5.41) is 3.16. The van der Waals surface area contributed by atoms with Gasteiger partial charge in [0.25, 0.3) is 0 Å². The van der Waals surface area contributed by atoms with E-state index in [1.165, 1.54) is 4.88 Å². The molecule has 0 aliphatic carbocycles. The number of benzene rings is 1. The van der Waals surface area contributed by atoms with Gasteiger partial charge in [-0.3, -0.25) is 0 Å². The molecule has 0 aliphatic heterocycles. The van der Waals surface area contributed by atoms with Crippen molar-refractivity contribution in [3.8, 4) is 5.75 Å². The van der Waals surface area contributed by atoms with Crippen LogP contribution in [0.2, 0.25) is 0 Å². The van der Waals surface area contributed by atoms with E-state index in [0.29, 0.717) is 0 Å². The summed E-state index contributed by atoms with van der Waals surface area (Å²) in [7, 11) is 0. The Bertz CT molecular complexity index is 625. The highest BCUT2D eigenvalue weighted by Crippen LogP contribution is 2.32. The minimum Gasteiger partial charge on any atom is -0.481 e. The molecule has 1 atom stereocenters. The van der Waals surface area contributed by atoms with E-state index in [0.717, 1.165) is 23.1 Å². The van der Waals surface area contributed by atoms with E-state index < -0.39 is 0 Å². The Morgan fingerprint density at radius 1 is 1.22 bits per heavy atom. The normalized spacial score (nSPS) is 12.7. The largest absolute Gasteiger partial charge is 0.481 e. The second kappa shape index (κ2) is 4.86. The topological polar surface area (TPSA) is 22.4 Å². The van der Waals surface area contributed by atoms with E-state index in [9.17, 15) is 0 Å². The average molecular weight is 258 g/mol. The molecule has 0 saturated heterocycles. The molecule has 0 fully saturated rings. The minimum atomic E-state index is 0.0979. The van der Waals surface area contributed by atoms with Gasteiger partial charge in [0.15, 0.2) is 11.3 Å². The third-order valence-corrected chi connectivity index (χ3v) is 3.91. The van der Waals surface area contributed by atoms with Crippen molar-refractivity contribution in [2.24, 2.45) is 0 Å². The van der Waals surface area contributed by atoms with Gasteiger partial charge < -0.3 is 9.15 Å². The molecule has 1 aromatic carbocycles. The van der Waals surface area contributed by atoms with Crippen LogP contribution in [0.4, 0.5) is 0 Å². The first-order valence-electron chi connectivity index (χ1n) is 6.04. The van der Waals surface area contributed by atoms with Crippen LogP contribution in [0.5, 0.6) is 5.75 Å². The molecule has 0 N–H and O–H groups in total. The van der Waals surface area contributed by atoms with Gasteiger partial charge in [-0.1, -0.05) is 25.1 Å². The number of rotatable bonds is 4. The summed E-state index contributed by atoms with van der Waals surface area (Å²) in [5.74, 6) is 0.817. The van der Waals surface area contributed by atoms with Crippen molar-refractivity contribution < 1.29 is 9.15 Å². The van der Waals surface area contributed by atoms with Crippen LogP contribution in [0.25, 0.3) is 11.0 Å². The van der Waals surface area contributed by atoms with Crippen LogP contribution < -0.4 is 4.74 Å². The molecule has 0 saturated carbocycles. The number of thiophene rings is 1. The average Bonchev–Trinajstić information content (AvgIpc) is 3.06. The Labute approximate surface area is 110 Å². The van der Waals surface area contributed by atoms with Gasteiger partial charge in [-0.15, -0.1) is 11.3 Å². The first-order chi connectivity index (χ1) is 8.88. The molecule has 92 valence electrons. The van der Waals surface area contributed by atoms with Gasteiger partial charge in [0, 0.05) is 10.3 Å². The number of hydrogen-bond donors (Lipinski definition) is 0. The summed E-state index contributed by atoms with van der Waals surface area (Å²) in [6, 6.07) is 12.1. The Morgan fingerprint density at radius 3 is 2.94 bits per heavy atom. The summed E-state index contributed by atoms with van der Waals surface area (Å²) in [6.45, 7) is 2.13. The molecule has 0 aliphatic rings. The van der Waals surface area contributed by atoms with Crippen LogP contribution in [-0.2, 0) is 0 Å². The van der Waals surface area contributed by atoms with Crippen molar-refractivity contribution in [3.05, 3.63) is 52.9 Å². The lowest BCUT2D eigenvalue weighted by Crippen LogP contribution is -2.04. The molecule has 0 bridgehead atoms. The van der Waals surface area contributed by atoms with Crippen LogP contribution in [0, 0.1) is 0 Å². The van der Waals surface area contributed by atoms with E-state index >= 15 is 0 Å². The van der Waals surface area contributed by atoms with Crippen LogP contribution >= 0.6 is 11.3 Å². The van der Waals surface area contributed by atoms with E-state index in [2.05, 4.69) is 24.4 Å². The highest BCUT2D eigenvalue weighted by Gasteiger charge is 2.14. The molecule has 3 aromatic rings. The van der Waals surface area contributed by atoms with E-state index in [4.69, 9.17) is 9.15 Å². The van der Waals surface area contributed by atoms with E-state index in [-0.39, 0.29) is 6.10 Å². The van der Waals surface area contributed by atoms with Crippen molar-refractivity contribution in [2.75, 3.05) is 0 Å². The molecule has 3 heteroatoms. The van der Waals surface area contributed by atoms with Gasteiger partial charge in [-0.2, -0.15) is 0 Å². The van der Waals surface area contributed by atoms with Crippen molar-refractivity contribution in [1.29, 1.82) is 0 Å². The molecule has 0 amide bonds. The van der Waals surface area contributed by atoms with Gasteiger partial charge in [-0.05, 0) is 30.0 Å². The number of hydrogen-bond acceptors (Lipinski definition) is 3. The zero-order chi connectivity index (χ0) is 12.4. The summed E-state index contributed by atoms with van der Waals surface area (Å²) in [6.07, 6.45) is 2.74. The molecular formula is C15H14O2S. The zero-order valence-corrected chi connectivity index (χ0v) is 10.9. The number of furan rings is 1. The van der Waals surface area contributed by atoms with Crippen molar-refractivity contribution >= 4 is 22.3 Å². The van der Waals surface area contributed by atoms with Gasteiger partial charge in [-0.25, -0.2) is 0 Å². The van der Waals surface area contributed by atoms with Gasteiger partial charge in [0.1, 0.15) is 6.10 Å². The Morgan fingerprint density at radius 2 is 2.17 bits per heavy atom. The predicted molar refractivity (Wildman–Crippen MR) is 74.2 cm³/mol. The number of ether oxygens (including phenoxy) is 1. The third-order valence-electron chi connectivity index (χ3n) is 2.94. The van der Waals surface area contributed by atoms with E-state index in [1.54, 1.807) is 17.6 Å². The van der Waals surface area contributed by atoms with Crippen LogP contribution in [0.3, 0.4) is 0 Å². The summed E-state index contributed by atoms with van der Waals surface area (Å²) in [5.41, 5.74) is 0.826. The molecule has 1 unspecified atom stereocenters.